The molecule has 3 rings (SSSR count). The van der Waals surface area contributed by atoms with E-state index in [1.54, 1.807) is 24.2 Å². The maximum absolute atomic E-state index is 4.27. The van der Waals surface area contributed by atoms with Crippen LogP contribution in [0.2, 0.25) is 0 Å². The summed E-state index contributed by atoms with van der Waals surface area (Å²) in [6.45, 7) is 2.13. The van der Waals surface area contributed by atoms with Crippen LogP contribution >= 0.6 is 11.8 Å². The van der Waals surface area contributed by atoms with Gasteiger partial charge in [-0.2, -0.15) is 0 Å². The van der Waals surface area contributed by atoms with Gasteiger partial charge >= 0.3 is 0 Å². The third-order valence-corrected chi connectivity index (χ3v) is 4.12. The van der Waals surface area contributed by atoms with Crippen molar-refractivity contribution >= 4 is 17.3 Å². The smallest absolute Gasteiger partial charge is 0.191 e. The molecule has 0 spiro atoms. The lowest BCUT2D eigenvalue weighted by molar-refractivity contribution is 0.971. The van der Waals surface area contributed by atoms with E-state index < -0.39 is 0 Å². The molecule has 0 aliphatic rings. The van der Waals surface area contributed by atoms with Gasteiger partial charge in [0.15, 0.2) is 5.16 Å². The number of thioether (sulfide) groups is 1. The maximum Gasteiger partial charge on any atom is 0.191 e. The molecule has 0 saturated heterocycles. The van der Waals surface area contributed by atoms with E-state index in [1.807, 2.05) is 12.1 Å². The van der Waals surface area contributed by atoms with Crippen LogP contribution in [0.25, 0.3) is 5.57 Å². The molecule has 3 aromatic rings. The molecule has 3 heteroatoms. The predicted molar refractivity (Wildman–Crippen MR) is 92.6 cm³/mol. The Hall–Kier alpha value is -2.39. The number of hydrogen-bond donors (Lipinski definition) is 0. The molecule has 0 N–H and O–H groups in total. The van der Waals surface area contributed by atoms with Crippen LogP contribution in [0.15, 0.2) is 83.6 Å². The predicted octanol–water partition coefficient (Wildman–Crippen LogP) is 4.97. The number of hydrogen-bond acceptors (Lipinski definition) is 3. The van der Waals surface area contributed by atoms with Crippen molar-refractivity contribution in [1.82, 2.24) is 9.97 Å². The quantitative estimate of drug-likeness (QED) is 0.503. The summed E-state index contributed by atoms with van der Waals surface area (Å²) in [5, 5.41) is 2.89. The van der Waals surface area contributed by atoms with Crippen LogP contribution in [0, 0.1) is 6.92 Å². The minimum atomic E-state index is 0.754. The summed E-state index contributed by atoms with van der Waals surface area (Å²) in [5.41, 5.74) is 4.88. The Morgan fingerprint density at radius 3 is 2.27 bits per heavy atom. The van der Waals surface area contributed by atoms with Crippen molar-refractivity contribution in [3.05, 3.63) is 95.2 Å². The average Bonchev–Trinajstić information content (AvgIpc) is 2.58. The zero-order chi connectivity index (χ0) is 15.2. The molecule has 0 aliphatic carbocycles. The molecule has 2 aromatic carbocycles. The second-order valence-corrected chi connectivity index (χ2v) is 5.70. The van der Waals surface area contributed by atoms with Gasteiger partial charge in [-0.05, 0) is 40.7 Å². The molecule has 0 unspecified atom stereocenters. The molecular formula is C19H16N2S. The first-order valence-corrected chi connectivity index (χ1v) is 7.98. The van der Waals surface area contributed by atoms with Crippen molar-refractivity contribution in [3.63, 3.8) is 0 Å². The van der Waals surface area contributed by atoms with E-state index in [2.05, 4.69) is 70.8 Å². The van der Waals surface area contributed by atoms with Gasteiger partial charge in [-0.25, -0.2) is 9.97 Å². The van der Waals surface area contributed by atoms with E-state index in [1.165, 1.54) is 22.3 Å². The number of rotatable bonds is 4. The van der Waals surface area contributed by atoms with Gasteiger partial charge in [0.1, 0.15) is 0 Å². The van der Waals surface area contributed by atoms with E-state index in [0.29, 0.717) is 0 Å². The van der Waals surface area contributed by atoms with Crippen molar-refractivity contribution in [3.8, 4) is 0 Å². The summed E-state index contributed by atoms with van der Waals surface area (Å²) < 4.78 is 0. The van der Waals surface area contributed by atoms with E-state index in [0.717, 1.165) is 5.16 Å². The number of aryl methyl sites for hydroxylation is 1. The topological polar surface area (TPSA) is 25.8 Å². The zero-order valence-electron chi connectivity index (χ0n) is 12.3. The van der Waals surface area contributed by atoms with Crippen LogP contribution in [-0.4, -0.2) is 9.97 Å². The van der Waals surface area contributed by atoms with Gasteiger partial charge in [0.2, 0.25) is 0 Å². The average molecular weight is 304 g/mol. The van der Waals surface area contributed by atoms with Gasteiger partial charge < -0.3 is 0 Å². The highest BCUT2D eigenvalue weighted by Gasteiger charge is 2.08. The summed E-state index contributed by atoms with van der Waals surface area (Å²) in [7, 11) is 0. The van der Waals surface area contributed by atoms with Gasteiger partial charge in [-0.15, -0.1) is 0 Å². The lowest BCUT2D eigenvalue weighted by atomic mass is 9.96. The first kappa shape index (κ1) is 14.5. The van der Waals surface area contributed by atoms with E-state index in [9.17, 15) is 0 Å². The highest BCUT2D eigenvalue weighted by Crippen LogP contribution is 2.30. The Balaban J connectivity index is 2.02. The summed E-state index contributed by atoms with van der Waals surface area (Å²) >= 11 is 1.54. The molecule has 0 fully saturated rings. The number of benzene rings is 2. The zero-order valence-corrected chi connectivity index (χ0v) is 13.1. The van der Waals surface area contributed by atoms with Crippen LogP contribution in [-0.2, 0) is 0 Å². The Morgan fingerprint density at radius 1 is 0.864 bits per heavy atom. The fourth-order valence-electron chi connectivity index (χ4n) is 2.24. The van der Waals surface area contributed by atoms with Crippen molar-refractivity contribution < 1.29 is 0 Å². The fourth-order valence-corrected chi connectivity index (χ4v) is 2.97. The summed E-state index contributed by atoms with van der Waals surface area (Å²) in [6.07, 6.45) is 3.53. The largest absolute Gasteiger partial charge is 0.231 e. The Morgan fingerprint density at radius 2 is 1.55 bits per heavy atom. The van der Waals surface area contributed by atoms with Gasteiger partial charge in [0.05, 0.1) is 0 Å². The minimum absolute atomic E-state index is 0.754. The lowest BCUT2D eigenvalue weighted by Crippen LogP contribution is -1.91. The Labute approximate surface area is 135 Å². The Bertz CT molecular complexity index is 768. The van der Waals surface area contributed by atoms with E-state index in [-0.39, 0.29) is 0 Å². The molecule has 108 valence electrons. The van der Waals surface area contributed by atoms with Crippen LogP contribution in [0.3, 0.4) is 0 Å². The first-order valence-electron chi connectivity index (χ1n) is 7.10. The van der Waals surface area contributed by atoms with Crippen molar-refractivity contribution in [2.24, 2.45) is 0 Å². The molecule has 0 aliphatic heterocycles. The summed E-state index contributed by atoms with van der Waals surface area (Å²) in [6, 6.07) is 20.7. The standard InChI is InChI=1S/C19H16N2S/c1-15-8-5-6-11-17(15)18(16-9-3-2-4-10-16)14-22-19-20-12-7-13-21-19/h2-14H,1H3. The van der Waals surface area contributed by atoms with Gasteiger partial charge in [-0.1, -0.05) is 66.4 Å². The molecular weight excluding hydrogens is 288 g/mol. The molecule has 0 radical (unpaired) electrons. The maximum atomic E-state index is 4.27. The third kappa shape index (κ3) is 3.43. The lowest BCUT2D eigenvalue weighted by Gasteiger charge is -2.11. The fraction of sp³-hybridized carbons (Fsp3) is 0.0526. The summed E-state index contributed by atoms with van der Waals surface area (Å²) in [5.74, 6) is 0. The second kappa shape index (κ2) is 7.05. The third-order valence-electron chi connectivity index (χ3n) is 3.34. The molecule has 1 aromatic heterocycles. The Kier molecular flexibility index (Phi) is 4.66. The van der Waals surface area contributed by atoms with E-state index in [4.69, 9.17) is 0 Å². The SMILES string of the molecule is Cc1ccccc1C(=CSc1ncccn1)c1ccccc1. The molecule has 1 heterocycles. The first-order chi connectivity index (χ1) is 10.8. The molecule has 2 nitrogen and oxygen atoms in total. The van der Waals surface area contributed by atoms with Crippen LogP contribution < -0.4 is 0 Å². The van der Waals surface area contributed by atoms with Gasteiger partial charge in [-0.3, -0.25) is 0 Å². The highest BCUT2D eigenvalue weighted by molar-refractivity contribution is 8.02. The van der Waals surface area contributed by atoms with Gasteiger partial charge in [0.25, 0.3) is 0 Å². The van der Waals surface area contributed by atoms with E-state index >= 15 is 0 Å². The van der Waals surface area contributed by atoms with Crippen molar-refractivity contribution in [2.45, 2.75) is 12.1 Å². The molecule has 0 amide bonds. The van der Waals surface area contributed by atoms with Crippen LogP contribution in [0.4, 0.5) is 0 Å². The monoisotopic (exact) mass is 304 g/mol. The number of aromatic nitrogens is 2. The van der Waals surface area contributed by atoms with Crippen LogP contribution in [0.1, 0.15) is 16.7 Å². The number of nitrogens with zero attached hydrogens (tertiary/aromatic N) is 2. The normalized spacial score (nSPS) is 11.4. The molecule has 0 atom stereocenters. The second-order valence-electron chi connectivity index (χ2n) is 4.86. The van der Waals surface area contributed by atoms with Gasteiger partial charge in [0, 0.05) is 12.4 Å². The van der Waals surface area contributed by atoms with Crippen molar-refractivity contribution in [2.75, 3.05) is 0 Å². The van der Waals surface area contributed by atoms with Crippen molar-refractivity contribution in [1.29, 1.82) is 0 Å². The summed E-state index contributed by atoms with van der Waals surface area (Å²) in [4.78, 5) is 8.54. The molecule has 0 bridgehead atoms. The molecule has 22 heavy (non-hydrogen) atoms. The highest BCUT2D eigenvalue weighted by atomic mass is 32.2. The minimum Gasteiger partial charge on any atom is -0.231 e. The van der Waals surface area contributed by atoms with Crippen LogP contribution in [0.5, 0.6) is 0 Å². The molecule has 0 saturated carbocycles.